The zero-order chi connectivity index (χ0) is 44.9. The van der Waals surface area contributed by atoms with Gasteiger partial charge in [-0.25, -0.2) is 0 Å². The SMILES string of the molecule is Cc1c(COc2ccc(CN3CCCCC3C(=O)N3CCN(C(=O)CCCC(=O)Nc4cccc5c4C(=O)N(C4CCC(=O)NC4=O)C5=O)CC3)cc2Br)cccc1-c1ccccc1. The molecule has 2 atom stereocenters. The Bertz CT molecular complexity index is 2490. The Morgan fingerprint density at radius 1 is 0.797 bits per heavy atom. The number of carbonyl (C=O) groups is 7. The van der Waals surface area contributed by atoms with E-state index >= 15 is 0 Å². The largest absolute Gasteiger partial charge is 0.488 e. The molecule has 4 aromatic rings. The van der Waals surface area contributed by atoms with E-state index in [4.69, 9.17) is 4.74 Å². The fourth-order valence-electron chi connectivity index (χ4n) is 9.16. The summed E-state index contributed by atoms with van der Waals surface area (Å²) >= 11 is 3.73. The Hall–Kier alpha value is -6.19. The third-order valence-electron chi connectivity index (χ3n) is 12.7. The van der Waals surface area contributed by atoms with Crippen LogP contribution in [0, 0.1) is 6.92 Å². The van der Waals surface area contributed by atoms with Gasteiger partial charge in [-0.2, -0.15) is 0 Å². The van der Waals surface area contributed by atoms with E-state index in [0.717, 1.165) is 52.1 Å². The molecule has 64 heavy (non-hydrogen) atoms. The number of piperazine rings is 1. The number of likely N-dealkylation sites (tertiary alicyclic amines) is 1. The number of imide groups is 2. The average molecular weight is 932 g/mol. The molecule has 3 fully saturated rings. The van der Waals surface area contributed by atoms with E-state index < -0.39 is 35.6 Å². The molecule has 4 heterocycles. The van der Waals surface area contributed by atoms with E-state index in [1.54, 1.807) is 4.90 Å². The highest BCUT2D eigenvalue weighted by molar-refractivity contribution is 9.10. The summed E-state index contributed by atoms with van der Waals surface area (Å²) < 4.78 is 7.15. The normalized spacial score (nSPS) is 19.1. The number of nitrogens with zero attached hydrogens (tertiary/aromatic N) is 4. The maximum absolute atomic E-state index is 14.0. The van der Waals surface area contributed by atoms with Crippen LogP contribution in [-0.2, 0) is 37.1 Å². The first-order chi connectivity index (χ1) is 31.0. The first-order valence-corrected chi connectivity index (χ1v) is 22.8. The summed E-state index contributed by atoms with van der Waals surface area (Å²) in [6, 6.07) is 25.9. The van der Waals surface area contributed by atoms with E-state index in [-0.39, 0.29) is 66.8 Å². The number of halogens is 1. The number of benzene rings is 4. The van der Waals surface area contributed by atoms with E-state index in [9.17, 15) is 33.6 Å². The van der Waals surface area contributed by atoms with Crippen LogP contribution in [0.3, 0.4) is 0 Å². The molecule has 2 unspecified atom stereocenters. The van der Waals surface area contributed by atoms with Gasteiger partial charge in [0.25, 0.3) is 11.8 Å². The highest BCUT2D eigenvalue weighted by Crippen LogP contribution is 2.34. The van der Waals surface area contributed by atoms with Crippen LogP contribution in [0.2, 0.25) is 0 Å². The molecule has 14 nitrogen and oxygen atoms in total. The Balaban J connectivity index is 0.788. The molecule has 3 saturated heterocycles. The smallest absolute Gasteiger partial charge is 0.264 e. The predicted molar refractivity (Wildman–Crippen MR) is 242 cm³/mol. The van der Waals surface area contributed by atoms with E-state index in [1.807, 2.05) is 29.2 Å². The lowest BCUT2D eigenvalue weighted by Gasteiger charge is -2.41. The number of nitrogens with one attached hydrogen (secondary N) is 2. The lowest BCUT2D eigenvalue weighted by Crippen LogP contribution is -2.56. The summed E-state index contributed by atoms with van der Waals surface area (Å²) in [5.41, 5.74) is 5.95. The minimum atomic E-state index is -1.12. The van der Waals surface area contributed by atoms with Gasteiger partial charge in [-0.05, 0) is 107 Å². The van der Waals surface area contributed by atoms with Crippen molar-refractivity contribution in [3.63, 3.8) is 0 Å². The second kappa shape index (κ2) is 19.7. The van der Waals surface area contributed by atoms with Gasteiger partial charge in [0.05, 0.1) is 27.3 Å². The van der Waals surface area contributed by atoms with Gasteiger partial charge in [0.1, 0.15) is 18.4 Å². The van der Waals surface area contributed by atoms with Crippen molar-refractivity contribution in [2.24, 2.45) is 0 Å². The zero-order valence-corrected chi connectivity index (χ0v) is 37.4. The fraction of sp³-hybridized carbons (Fsp3) is 0.367. The average Bonchev–Trinajstić information content (AvgIpc) is 3.55. The highest BCUT2D eigenvalue weighted by atomic mass is 79.9. The van der Waals surface area contributed by atoms with Crippen LogP contribution in [0.5, 0.6) is 5.75 Å². The van der Waals surface area contributed by atoms with Gasteiger partial charge in [0.15, 0.2) is 0 Å². The molecule has 0 bridgehead atoms. The van der Waals surface area contributed by atoms with E-state index in [1.165, 1.54) is 34.9 Å². The second-order valence-electron chi connectivity index (χ2n) is 16.8. The van der Waals surface area contributed by atoms with Crippen molar-refractivity contribution in [1.82, 2.24) is 24.9 Å². The summed E-state index contributed by atoms with van der Waals surface area (Å²) in [6.45, 7) is 5.69. The zero-order valence-electron chi connectivity index (χ0n) is 35.8. The fourth-order valence-corrected chi connectivity index (χ4v) is 9.70. The number of rotatable bonds is 13. The van der Waals surface area contributed by atoms with Gasteiger partial charge in [0.2, 0.25) is 29.5 Å². The minimum Gasteiger partial charge on any atom is -0.488 e. The summed E-state index contributed by atoms with van der Waals surface area (Å²) in [7, 11) is 0. The molecule has 0 aliphatic carbocycles. The molecule has 2 N–H and O–H groups in total. The Labute approximate surface area is 380 Å². The van der Waals surface area contributed by atoms with Gasteiger partial charge < -0.3 is 19.9 Å². The van der Waals surface area contributed by atoms with Gasteiger partial charge in [0, 0.05) is 52.0 Å². The third kappa shape index (κ3) is 9.65. The molecule has 7 amide bonds. The van der Waals surface area contributed by atoms with Crippen molar-refractivity contribution >= 4 is 63.0 Å². The standard InChI is InChI=1S/C49H51BrN6O8/c1-31-34(12-7-13-35(31)33-10-3-2-4-11-33)30-64-41-21-19-32(28-37(41)50)29-55-23-6-5-16-40(55)48(62)54-26-24-53(25-27-54)44(59)18-9-17-42(57)51-38-15-8-14-36-45(38)49(63)56(47(36)61)39-20-22-43(58)52-46(39)60/h2-4,7-8,10-15,19,21,28,39-40H,5-6,9,16-18,20,22-27,29-30H2,1H3,(H,51,57)(H,52,58,60). The maximum Gasteiger partial charge on any atom is 0.264 e. The van der Waals surface area contributed by atoms with Crippen LogP contribution in [-0.4, -0.2) is 106 Å². The van der Waals surface area contributed by atoms with Crippen LogP contribution < -0.4 is 15.4 Å². The number of carbonyl (C=O) groups excluding carboxylic acids is 7. The molecule has 4 aliphatic heterocycles. The second-order valence-corrected chi connectivity index (χ2v) is 17.6. The predicted octanol–water partition coefficient (Wildman–Crippen LogP) is 6.24. The van der Waals surface area contributed by atoms with Crippen LogP contribution in [0.15, 0.2) is 89.4 Å². The first-order valence-electron chi connectivity index (χ1n) is 22.0. The minimum absolute atomic E-state index is 0.0000269. The number of anilines is 1. The molecule has 4 aliphatic rings. The quantitative estimate of drug-likeness (QED) is 0.148. The third-order valence-corrected chi connectivity index (χ3v) is 13.3. The van der Waals surface area contributed by atoms with Crippen molar-refractivity contribution in [2.75, 3.05) is 38.0 Å². The van der Waals surface area contributed by atoms with Crippen LogP contribution in [0.1, 0.15) is 88.8 Å². The summed E-state index contributed by atoms with van der Waals surface area (Å²) in [4.78, 5) is 97.5. The maximum atomic E-state index is 14.0. The lowest BCUT2D eigenvalue weighted by molar-refractivity contribution is -0.144. The number of amides is 7. The number of piperidine rings is 2. The van der Waals surface area contributed by atoms with E-state index in [2.05, 4.69) is 80.9 Å². The topological polar surface area (TPSA) is 166 Å². The van der Waals surface area contributed by atoms with E-state index in [0.29, 0.717) is 39.3 Å². The number of hydrogen-bond donors (Lipinski definition) is 2. The van der Waals surface area contributed by atoms with Crippen LogP contribution in [0.25, 0.3) is 11.1 Å². The monoisotopic (exact) mass is 930 g/mol. The van der Waals surface area contributed by atoms with Crippen molar-refractivity contribution < 1.29 is 38.3 Å². The Kier molecular flexibility index (Phi) is 13.7. The molecular weight excluding hydrogens is 880 g/mol. The van der Waals surface area contributed by atoms with Crippen LogP contribution in [0.4, 0.5) is 5.69 Å². The highest BCUT2D eigenvalue weighted by Gasteiger charge is 2.46. The summed E-state index contributed by atoms with van der Waals surface area (Å²) in [6.07, 6.45) is 3.18. The summed E-state index contributed by atoms with van der Waals surface area (Å²) in [5.74, 6) is -2.26. The first kappa shape index (κ1) is 44.4. The summed E-state index contributed by atoms with van der Waals surface area (Å²) in [5, 5.41) is 4.88. The molecular formula is C49H51BrN6O8. The molecule has 332 valence electrons. The van der Waals surface area contributed by atoms with Gasteiger partial charge in [-0.15, -0.1) is 0 Å². The Morgan fingerprint density at radius 2 is 1.55 bits per heavy atom. The van der Waals surface area contributed by atoms with Gasteiger partial charge >= 0.3 is 0 Å². The number of fused-ring (bicyclic) bond motifs is 1. The van der Waals surface area contributed by atoms with Crippen molar-refractivity contribution in [2.45, 2.75) is 83.5 Å². The number of ether oxygens (including phenoxy) is 1. The molecule has 0 saturated carbocycles. The number of hydrogen-bond acceptors (Lipinski definition) is 9. The molecule has 8 rings (SSSR count). The molecule has 0 aromatic heterocycles. The van der Waals surface area contributed by atoms with Crippen molar-refractivity contribution in [1.29, 1.82) is 0 Å². The molecule has 15 heteroatoms. The Morgan fingerprint density at radius 3 is 2.31 bits per heavy atom. The molecule has 4 aromatic carbocycles. The van der Waals surface area contributed by atoms with Crippen molar-refractivity contribution in [3.8, 4) is 16.9 Å². The van der Waals surface area contributed by atoms with Crippen LogP contribution >= 0.6 is 15.9 Å². The molecule has 0 radical (unpaired) electrons. The van der Waals surface area contributed by atoms with Gasteiger partial charge in [-0.1, -0.05) is 67.1 Å². The lowest BCUT2D eigenvalue weighted by atomic mass is 9.97. The molecule has 0 spiro atoms. The van der Waals surface area contributed by atoms with Gasteiger partial charge in [-0.3, -0.25) is 48.7 Å². The van der Waals surface area contributed by atoms with Crippen molar-refractivity contribution in [3.05, 3.63) is 117 Å².